The molecule has 0 radical (unpaired) electrons. The Labute approximate surface area is 151 Å². The molecule has 8 nitrogen and oxygen atoms in total. The van der Waals surface area contributed by atoms with E-state index in [0.717, 1.165) is 23.4 Å². The number of nitrogens with one attached hydrogen (secondary N) is 2. The fourth-order valence-corrected chi connectivity index (χ4v) is 3.38. The maximum absolute atomic E-state index is 13.0. The van der Waals surface area contributed by atoms with Crippen molar-refractivity contribution in [2.75, 3.05) is 19.7 Å². The van der Waals surface area contributed by atoms with Gasteiger partial charge in [-0.2, -0.15) is 0 Å². The van der Waals surface area contributed by atoms with Gasteiger partial charge in [0.1, 0.15) is 0 Å². The molecule has 1 fully saturated rings. The Kier molecular flexibility index (Phi) is 4.34. The summed E-state index contributed by atoms with van der Waals surface area (Å²) >= 11 is 0. The van der Waals surface area contributed by atoms with E-state index in [1.165, 1.54) is 0 Å². The Balaban J connectivity index is 1.62. The van der Waals surface area contributed by atoms with Crippen LogP contribution in [0.4, 0.5) is 0 Å². The van der Waals surface area contributed by atoms with Crippen LogP contribution in [0.1, 0.15) is 29.3 Å². The second kappa shape index (κ2) is 6.80. The molecule has 1 aromatic rings. The molecule has 8 heteroatoms. The van der Waals surface area contributed by atoms with Crippen LogP contribution in [0, 0.1) is 0 Å². The van der Waals surface area contributed by atoms with Crippen molar-refractivity contribution in [2.24, 2.45) is 15.7 Å². The van der Waals surface area contributed by atoms with Gasteiger partial charge in [0, 0.05) is 30.8 Å². The zero-order chi connectivity index (χ0) is 18.1. The number of benzene rings is 1. The summed E-state index contributed by atoms with van der Waals surface area (Å²) in [5.74, 6) is 0.323. The van der Waals surface area contributed by atoms with E-state index in [-0.39, 0.29) is 18.2 Å². The number of nitrogens with zero attached hydrogens (tertiary/aromatic N) is 3. The van der Waals surface area contributed by atoms with Gasteiger partial charge in [0.2, 0.25) is 0 Å². The minimum atomic E-state index is -0.353. The second-order valence-electron chi connectivity index (χ2n) is 6.59. The van der Waals surface area contributed by atoms with E-state index >= 15 is 0 Å². The number of amides is 1. The number of aliphatic imine (C=N–C) groups is 2. The highest BCUT2D eigenvalue weighted by atomic mass is 16.5. The molecule has 3 aliphatic rings. The smallest absolute Gasteiger partial charge is 0.253 e. The van der Waals surface area contributed by atoms with Crippen molar-refractivity contribution in [1.82, 2.24) is 15.5 Å². The van der Waals surface area contributed by atoms with Crippen molar-refractivity contribution >= 4 is 23.9 Å². The zero-order valence-corrected chi connectivity index (χ0v) is 14.6. The number of hydrogen-bond donors (Lipinski definition) is 3. The van der Waals surface area contributed by atoms with Crippen molar-refractivity contribution in [1.29, 1.82) is 0 Å². The Bertz CT molecular complexity index is 816. The van der Waals surface area contributed by atoms with Crippen LogP contribution in [-0.4, -0.2) is 55.1 Å². The molecule has 3 heterocycles. The van der Waals surface area contributed by atoms with Gasteiger partial charge in [-0.3, -0.25) is 4.79 Å². The van der Waals surface area contributed by atoms with Gasteiger partial charge >= 0.3 is 0 Å². The van der Waals surface area contributed by atoms with Crippen LogP contribution < -0.4 is 16.4 Å². The van der Waals surface area contributed by atoms with Gasteiger partial charge in [-0.15, -0.1) is 0 Å². The number of fused-ring (bicyclic) bond motifs is 1. The minimum Gasteiger partial charge on any atom is -0.377 e. The molecule has 4 rings (SSSR count). The Morgan fingerprint density at radius 1 is 1.42 bits per heavy atom. The van der Waals surface area contributed by atoms with Gasteiger partial charge in [-0.05, 0) is 25.5 Å². The lowest BCUT2D eigenvalue weighted by Crippen LogP contribution is -2.38. The summed E-state index contributed by atoms with van der Waals surface area (Å²) in [7, 11) is 0. The summed E-state index contributed by atoms with van der Waals surface area (Å²) < 4.78 is 5.64. The average Bonchev–Trinajstić information content (AvgIpc) is 3.00. The first-order chi connectivity index (χ1) is 12.6. The van der Waals surface area contributed by atoms with Crippen molar-refractivity contribution in [3.8, 4) is 0 Å². The van der Waals surface area contributed by atoms with Gasteiger partial charge in [0.05, 0.1) is 23.8 Å². The van der Waals surface area contributed by atoms with Crippen LogP contribution in [0.5, 0.6) is 0 Å². The Morgan fingerprint density at radius 3 is 3.19 bits per heavy atom. The fourth-order valence-electron chi connectivity index (χ4n) is 3.38. The van der Waals surface area contributed by atoms with E-state index in [1.807, 2.05) is 36.1 Å². The monoisotopic (exact) mass is 354 g/mol. The topological polar surface area (TPSA) is 104 Å². The van der Waals surface area contributed by atoms with Crippen LogP contribution in [0.3, 0.4) is 0 Å². The normalized spacial score (nSPS) is 25.1. The van der Waals surface area contributed by atoms with Crippen LogP contribution >= 0.6 is 0 Å². The summed E-state index contributed by atoms with van der Waals surface area (Å²) in [6.45, 7) is 3.99. The third-order valence-corrected chi connectivity index (χ3v) is 4.62. The Hall–Kier alpha value is -2.87. The van der Waals surface area contributed by atoms with Gasteiger partial charge in [-0.25, -0.2) is 9.98 Å². The van der Waals surface area contributed by atoms with Crippen molar-refractivity contribution in [3.63, 3.8) is 0 Å². The fraction of sp³-hybridized carbons (Fsp3) is 0.389. The number of nitrogens with two attached hydrogens (primary N) is 1. The summed E-state index contributed by atoms with van der Waals surface area (Å²) in [5, 5.41) is 6.19. The maximum Gasteiger partial charge on any atom is 0.253 e. The number of hydrogen-bond acceptors (Lipinski definition) is 7. The van der Waals surface area contributed by atoms with Crippen molar-refractivity contribution in [3.05, 3.63) is 41.1 Å². The van der Waals surface area contributed by atoms with Crippen molar-refractivity contribution < 1.29 is 9.53 Å². The largest absolute Gasteiger partial charge is 0.377 e. The van der Waals surface area contributed by atoms with Crippen LogP contribution in [-0.2, 0) is 4.74 Å². The standard InChI is InChI=1S/C18H22N6O2/c1-11-9-24(6-3-7-26-11)17(25)13-5-2-4-12(8-13)14-15-16(21-10-20-15)23-18(19)22-14/h2,4-5,8,10-11,16H,3,6-7,9H2,1H3,(H,20,21)(H3,19,22,23)/t11-,16?/m0/s1. The van der Waals surface area contributed by atoms with E-state index in [2.05, 4.69) is 20.6 Å². The SMILES string of the molecule is C[C@H]1CN(C(=O)c2cccc(C3=C4NC=NC4N=C(N)N3)c2)CCCO1. The molecular weight excluding hydrogens is 332 g/mol. The lowest BCUT2D eigenvalue weighted by Gasteiger charge is -2.24. The van der Waals surface area contributed by atoms with Crippen molar-refractivity contribution in [2.45, 2.75) is 25.6 Å². The van der Waals surface area contributed by atoms with E-state index in [0.29, 0.717) is 31.2 Å². The number of carbonyl (C=O) groups excluding carboxylic acids is 1. The van der Waals surface area contributed by atoms with E-state index in [4.69, 9.17) is 10.5 Å². The molecular formula is C18H22N6O2. The summed E-state index contributed by atoms with van der Waals surface area (Å²) in [6.07, 6.45) is 2.15. The highest BCUT2D eigenvalue weighted by Crippen LogP contribution is 2.25. The summed E-state index contributed by atoms with van der Waals surface area (Å²) in [6, 6.07) is 7.53. The molecule has 1 saturated heterocycles. The summed E-state index contributed by atoms with van der Waals surface area (Å²) in [5.41, 5.74) is 9.02. The lowest BCUT2D eigenvalue weighted by molar-refractivity contribution is 0.0562. The zero-order valence-electron chi connectivity index (χ0n) is 14.6. The summed E-state index contributed by atoms with van der Waals surface area (Å²) in [4.78, 5) is 23.3. The molecule has 1 unspecified atom stereocenters. The van der Waals surface area contributed by atoms with E-state index in [9.17, 15) is 4.79 Å². The molecule has 0 aromatic heterocycles. The molecule has 0 saturated carbocycles. The molecule has 4 N–H and O–H groups in total. The quantitative estimate of drug-likeness (QED) is 0.717. The van der Waals surface area contributed by atoms with Gasteiger partial charge in [0.15, 0.2) is 12.1 Å². The number of guanidine groups is 1. The molecule has 1 aromatic carbocycles. The minimum absolute atomic E-state index is 0.0134. The highest BCUT2D eigenvalue weighted by molar-refractivity contribution is 5.97. The first-order valence-corrected chi connectivity index (χ1v) is 8.76. The molecule has 136 valence electrons. The van der Waals surface area contributed by atoms with Crippen LogP contribution in [0.15, 0.2) is 39.9 Å². The predicted octanol–water partition coefficient (Wildman–Crippen LogP) is 0.482. The third kappa shape index (κ3) is 3.15. The third-order valence-electron chi connectivity index (χ3n) is 4.62. The maximum atomic E-state index is 13.0. The lowest BCUT2D eigenvalue weighted by atomic mass is 10.0. The molecule has 0 bridgehead atoms. The van der Waals surface area contributed by atoms with Gasteiger partial charge in [-0.1, -0.05) is 12.1 Å². The van der Waals surface area contributed by atoms with Crippen LogP contribution in [0.25, 0.3) is 5.70 Å². The molecule has 0 aliphatic carbocycles. The predicted molar refractivity (Wildman–Crippen MR) is 99.5 cm³/mol. The average molecular weight is 354 g/mol. The van der Waals surface area contributed by atoms with Gasteiger partial charge < -0.3 is 26.0 Å². The first kappa shape index (κ1) is 16.6. The number of rotatable bonds is 2. The van der Waals surface area contributed by atoms with Crippen LogP contribution in [0.2, 0.25) is 0 Å². The number of carbonyl (C=O) groups is 1. The molecule has 26 heavy (non-hydrogen) atoms. The van der Waals surface area contributed by atoms with Gasteiger partial charge in [0.25, 0.3) is 5.91 Å². The molecule has 3 aliphatic heterocycles. The second-order valence-corrected chi connectivity index (χ2v) is 6.59. The highest BCUT2D eigenvalue weighted by Gasteiger charge is 2.27. The molecule has 2 atom stereocenters. The first-order valence-electron chi connectivity index (χ1n) is 8.76. The Morgan fingerprint density at radius 2 is 2.31 bits per heavy atom. The molecule has 0 spiro atoms. The van der Waals surface area contributed by atoms with E-state index in [1.54, 1.807) is 6.34 Å². The molecule has 1 amide bonds. The number of ether oxygens (including phenoxy) is 1. The van der Waals surface area contributed by atoms with E-state index < -0.39 is 0 Å².